The molecule has 0 bridgehead atoms. The summed E-state index contributed by atoms with van der Waals surface area (Å²) in [6.45, 7) is 5.83. The Morgan fingerprint density at radius 1 is 1.45 bits per heavy atom. The molecule has 2 aliphatic rings. The fourth-order valence-electron chi connectivity index (χ4n) is 3.15. The molecule has 1 N–H and O–H groups in total. The Bertz CT molecular complexity index is 569. The molecular formula is C16H23N3O2S. The maximum absolute atomic E-state index is 12.5. The first kappa shape index (κ1) is 15.5. The molecule has 2 saturated heterocycles. The molecule has 2 aliphatic heterocycles. The summed E-state index contributed by atoms with van der Waals surface area (Å²) >= 11 is 1.71. The van der Waals surface area contributed by atoms with E-state index in [2.05, 4.69) is 24.5 Å². The largest absolute Gasteiger partial charge is 0.344 e. The van der Waals surface area contributed by atoms with Crippen molar-refractivity contribution in [3.8, 4) is 0 Å². The van der Waals surface area contributed by atoms with Crippen LogP contribution in [-0.4, -0.2) is 40.8 Å². The number of thiazole rings is 1. The molecule has 0 saturated carbocycles. The van der Waals surface area contributed by atoms with Crippen molar-refractivity contribution in [1.82, 2.24) is 15.2 Å². The van der Waals surface area contributed by atoms with Gasteiger partial charge >= 0.3 is 0 Å². The van der Waals surface area contributed by atoms with Crippen molar-refractivity contribution in [2.75, 3.05) is 13.1 Å². The van der Waals surface area contributed by atoms with Gasteiger partial charge in [0.25, 0.3) is 0 Å². The van der Waals surface area contributed by atoms with E-state index in [1.54, 1.807) is 11.3 Å². The normalized spacial score (nSPS) is 25.6. The molecule has 120 valence electrons. The van der Waals surface area contributed by atoms with Crippen LogP contribution >= 0.6 is 11.3 Å². The van der Waals surface area contributed by atoms with Crippen molar-refractivity contribution in [2.45, 2.75) is 57.4 Å². The highest BCUT2D eigenvalue weighted by molar-refractivity contribution is 7.09. The number of carbonyl (C=O) groups excluding carboxylic acids is 2. The van der Waals surface area contributed by atoms with E-state index in [9.17, 15) is 9.59 Å². The molecule has 0 spiro atoms. The number of hydrogen-bond donors (Lipinski definition) is 1. The van der Waals surface area contributed by atoms with Gasteiger partial charge in [-0.05, 0) is 25.2 Å². The molecule has 2 atom stereocenters. The third kappa shape index (κ3) is 3.16. The van der Waals surface area contributed by atoms with E-state index in [-0.39, 0.29) is 17.9 Å². The first-order valence-corrected chi connectivity index (χ1v) is 8.96. The minimum absolute atomic E-state index is 0.00610. The number of aromatic nitrogens is 1. The molecule has 2 amide bonds. The standard InChI is InChI=1S/C16H23N3O2S/c1-10(2)13-9-22-15(18-13)11-4-3-7-19(8-11)16(21)12-5-6-14(20)17-12/h9-12H,3-8H2,1-2H3,(H,17,20)/t11-,12+/m0/s1. The molecular weight excluding hydrogens is 298 g/mol. The van der Waals surface area contributed by atoms with Gasteiger partial charge < -0.3 is 10.2 Å². The minimum Gasteiger partial charge on any atom is -0.344 e. The van der Waals surface area contributed by atoms with E-state index >= 15 is 0 Å². The lowest BCUT2D eigenvalue weighted by Crippen LogP contribution is -2.48. The number of rotatable bonds is 3. The third-order valence-electron chi connectivity index (χ3n) is 4.51. The van der Waals surface area contributed by atoms with Crippen LogP contribution in [0.3, 0.4) is 0 Å². The molecule has 6 heteroatoms. The second-order valence-corrected chi connectivity index (χ2v) is 7.44. The summed E-state index contributed by atoms with van der Waals surface area (Å²) in [5.74, 6) is 0.858. The number of likely N-dealkylation sites (tertiary alicyclic amines) is 1. The zero-order valence-electron chi connectivity index (χ0n) is 13.2. The predicted molar refractivity (Wildman–Crippen MR) is 85.9 cm³/mol. The highest BCUT2D eigenvalue weighted by Gasteiger charge is 2.34. The van der Waals surface area contributed by atoms with Crippen molar-refractivity contribution in [1.29, 1.82) is 0 Å². The van der Waals surface area contributed by atoms with Gasteiger partial charge in [-0.25, -0.2) is 4.98 Å². The number of nitrogens with zero attached hydrogens (tertiary/aromatic N) is 2. The van der Waals surface area contributed by atoms with E-state index in [1.165, 1.54) is 0 Å². The van der Waals surface area contributed by atoms with Crippen molar-refractivity contribution in [3.05, 3.63) is 16.1 Å². The lowest BCUT2D eigenvalue weighted by atomic mass is 9.97. The number of carbonyl (C=O) groups is 2. The Hall–Kier alpha value is -1.43. The van der Waals surface area contributed by atoms with E-state index in [1.807, 2.05) is 4.90 Å². The van der Waals surface area contributed by atoms with Crippen LogP contribution in [-0.2, 0) is 9.59 Å². The van der Waals surface area contributed by atoms with Crippen LogP contribution in [0.1, 0.15) is 62.1 Å². The highest BCUT2D eigenvalue weighted by Crippen LogP contribution is 2.31. The number of hydrogen-bond acceptors (Lipinski definition) is 4. The molecule has 0 aromatic carbocycles. The Kier molecular flexibility index (Phi) is 4.47. The van der Waals surface area contributed by atoms with Crippen molar-refractivity contribution < 1.29 is 9.59 Å². The molecule has 3 heterocycles. The summed E-state index contributed by atoms with van der Waals surface area (Å²) in [5, 5.41) is 6.07. The zero-order chi connectivity index (χ0) is 15.7. The van der Waals surface area contributed by atoms with E-state index in [0.717, 1.165) is 36.6 Å². The van der Waals surface area contributed by atoms with Gasteiger partial charge in [-0.2, -0.15) is 0 Å². The van der Waals surface area contributed by atoms with Crippen LogP contribution in [0.25, 0.3) is 0 Å². The first-order chi connectivity index (χ1) is 10.5. The van der Waals surface area contributed by atoms with Crippen molar-refractivity contribution >= 4 is 23.2 Å². The van der Waals surface area contributed by atoms with E-state index < -0.39 is 0 Å². The Morgan fingerprint density at radius 3 is 2.91 bits per heavy atom. The summed E-state index contributed by atoms with van der Waals surface area (Å²) in [7, 11) is 0. The third-order valence-corrected chi connectivity index (χ3v) is 5.53. The van der Waals surface area contributed by atoms with Crippen LogP contribution in [0.4, 0.5) is 0 Å². The number of nitrogens with one attached hydrogen (secondary N) is 1. The van der Waals surface area contributed by atoms with Gasteiger partial charge in [0.15, 0.2) is 0 Å². The van der Waals surface area contributed by atoms with Crippen LogP contribution in [0.5, 0.6) is 0 Å². The second kappa shape index (κ2) is 6.36. The van der Waals surface area contributed by atoms with E-state index in [4.69, 9.17) is 4.98 Å². The second-order valence-electron chi connectivity index (χ2n) is 6.55. The molecule has 0 unspecified atom stereocenters. The lowest BCUT2D eigenvalue weighted by molar-refractivity contribution is -0.135. The molecule has 1 aromatic rings. The SMILES string of the molecule is CC(C)c1csc([C@H]2CCCN(C(=O)[C@H]3CCC(=O)N3)C2)n1. The van der Waals surface area contributed by atoms with Gasteiger partial charge in [-0.3, -0.25) is 9.59 Å². The Labute approximate surface area is 135 Å². The molecule has 3 rings (SSSR count). The topological polar surface area (TPSA) is 62.3 Å². The average molecular weight is 321 g/mol. The molecule has 2 fully saturated rings. The summed E-state index contributed by atoms with van der Waals surface area (Å²) in [6.07, 6.45) is 3.20. The van der Waals surface area contributed by atoms with Crippen LogP contribution in [0.2, 0.25) is 0 Å². The predicted octanol–water partition coefficient (Wildman–Crippen LogP) is 2.25. The van der Waals surface area contributed by atoms with Crippen LogP contribution < -0.4 is 5.32 Å². The maximum Gasteiger partial charge on any atom is 0.245 e. The van der Waals surface area contributed by atoms with Crippen LogP contribution in [0, 0.1) is 0 Å². The van der Waals surface area contributed by atoms with Gasteiger partial charge in [0, 0.05) is 30.8 Å². The van der Waals surface area contributed by atoms with Crippen molar-refractivity contribution in [2.24, 2.45) is 0 Å². The summed E-state index contributed by atoms with van der Waals surface area (Å²) in [6, 6.07) is -0.311. The fourth-order valence-corrected chi connectivity index (χ4v) is 4.26. The van der Waals surface area contributed by atoms with Crippen LogP contribution in [0.15, 0.2) is 5.38 Å². The Balaban J connectivity index is 1.65. The molecule has 22 heavy (non-hydrogen) atoms. The molecule has 0 aliphatic carbocycles. The highest BCUT2D eigenvalue weighted by atomic mass is 32.1. The van der Waals surface area contributed by atoms with E-state index in [0.29, 0.717) is 24.7 Å². The van der Waals surface area contributed by atoms with Gasteiger partial charge in [-0.1, -0.05) is 13.8 Å². The van der Waals surface area contributed by atoms with Gasteiger partial charge in [0.2, 0.25) is 11.8 Å². The Morgan fingerprint density at radius 2 is 2.27 bits per heavy atom. The number of amides is 2. The summed E-state index contributed by atoms with van der Waals surface area (Å²) in [5.41, 5.74) is 1.14. The lowest BCUT2D eigenvalue weighted by Gasteiger charge is -2.33. The quantitative estimate of drug-likeness (QED) is 0.929. The number of piperidine rings is 1. The van der Waals surface area contributed by atoms with Gasteiger partial charge in [-0.15, -0.1) is 11.3 Å². The summed E-state index contributed by atoms with van der Waals surface area (Å²) < 4.78 is 0. The monoisotopic (exact) mass is 321 g/mol. The van der Waals surface area contributed by atoms with Gasteiger partial charge in [0.05, 0.1) is 10.7 Å². The minimum atomic E-state index is -0.311. The fraction of sp³-hybridized carbons (Fsp3) is 0.688. The van der Waals surface area contributed by atoms with Crippen molar-refractivity contribution in [3.63, 3.8) is 0 Å². The smallest absolute Gasteiger partial charge is 0.245 e. The summed E-state index contributed by atoms with van der Waals surface area (Å²) in [4.78, 5) is 30.5. The molecule has 5 nitrogen and oxygen atoms in total. The molecule has 0 radical (unpaired) electrons. The average Bonchev–Trinajstić information content (AvgIpc) is 3.15. The first-order valence-electron chi connectivity index (χ1n) is 8.08. The zero-order valence-corrected chi connectivity index (χ0v) is 14.0. The maximum atomic E-state index is 12.5. The molecule has 1 aromatic heterocycles. The van der Waals surface area contributed by atoms with Gasteiger partial charge in [0.1, 0.15) is 6.04 Å².